The summed E-state index contributed by atoms with van der Waals surface area (Å²) in [4.78, 5) is 17.2. The third-order valence-electron chi connectivity index (χ3n) is 5.09. The van der Waals surface area contributed by atoms with Gasteiger partial charge in [-0.15, -0.1) is 0 Å². The fourth-order valence-electron chi connectivity index (χ4n) is 3.83. The van der Waals surface area contributed by atoms with Crippen molar-refractivity contribution < 1.29 is 4.79 Å². The van der Waals surface area contributed by atoms with Crippen LogP contribution >= 0.6 is 0 Å². The Morgan fingerprint density at radius 1 is 1.19 bits per heavy atom. The van der Waals surface area contributed by atoms with Crippen LogP contribution in [-0.4, -0.2) is 25.1 Å². The standard InChI is InChI=1S/C21H19N5O/c1-14-6-7-19-24-18-12-22-20(27)11-17(21(18)25(19)13-14)15-4-2-5-16(10-15)26-9-3-8-23-26/h2-10,13,17H,11-12H2,1H3,(H,22,27)/t17-/m1/s1. The first-order valence-electron chi connectivity index (χ1n) is 9.03. The summed E-state index contributed by atoms with van der Waals surface area (Å²) in [6.07, 6.45) is 6.18. The Morgan fingerprint density at radius 2 is 2.11 bits per heavy atom. The van der Waals surface area contributed by atoms with Crippen LogP contribution in [0.25, 0.3) is 11.3 Å². The molecule has 0 saturated carbocycles. The Balaban J connectivity index is 1.70. The van der Waals surface area contributed by atoms with Crippen molar-refractivity contribution in [1.82, 2.24) is 24.5 Å². The molecule has 1 amide bonds. The first-order valence-corrected chi connectivity index (χ1v) is 9.03. The van der Waals surface area contributed by atoms with Gasteiger partial charge >= 0.3 is 0 Å². The van der Waals surface area contributed by atoms with Crippen molar-refractivity contribution in [2.75, 3.05) is 0 Å². The van der Waals surface area contributed by atoms with Crippen LogP contribution in [0.4, 0.5) is 0 Å². The normalized spacial score (nSPS) is 16.8. The molecule has 1 aliphatic rings. The highest BCUT2D eigenvalue weighted by molar-refractivity contribution is 5.78. The van der Waals surface area contributed by atoms with Gasteiger partial charge in [-0.25, -0.2) is 9.67 Å². The zero-order valence-corrected chi connectivity index (χ0v) is 15.0. The van der Waals surface area contributed by atoms with Gasteiger partial charge in [0.1, 0.15) is 5.65 Å². The van der Waals surface area contributed by atoms with Crippen LogP contribution in [0.3, 0.4) is 0 Å². The Labute approximate surface area is 156 Å². The minimum atomic E-state index is -0.0604. The van der Waals surface area contributed by atoms with Crippen LogP contribution in [0.1, 0.15) is 34.9 Å². The van der Waals surface area contributed by atoms with E-state index in [0.717, 1.165) is 33.8 Å². The summed E-state index contributed by atoms with van der Waals surface area (Å²) in [7, 11) is 0. The van der Waals surface area contributed by atoms with E-state index >= 15 is 0 Å². The minimum absolute atomic E-state index is 0.0453. The molecule has 5 rings (SSSR count). The number of aromatic nitrogens is 4. The summed E-state index contributed by atoms with van der Waals surface area (Å²) in [6, 6.07) is 14.2. The van der Waals surface area contributed by atoms with Gasteiger partial charge in [0.05, 0.1) is 23.6 Å². The summed E-state index contributed by atoms with van der Waals surface area (Å²) in [5.41, 5.74) is 6.16. The number of carbonyl (C=O) groups is 1. The molecule has 0 fully saturated rings. The molecular weight excluding hydrogens is 338 g/mol. The number of hydrogen-bond acceptors (Lipinski definition) is 3. The second-order valence-electron chi connectivity index (χ2n) is 6.96. The van der Waals surface area contributed by atoms with E-state index in [0.29, 0.717) is 13.0 Å². The summed E-state index contributed by atoms with van der Waals surface area (Å²) in [6.45, 7) is 2.53. The summed E-state index contributed by atoms with van der Waals surface area (Å²) in [5.74, 6) is -0.0151. The van der Waals surface area contributed by atoms with Gasteiger partial charge in [-0.2, -0.15) is 5.10 Å². The molecule has 6 nitrogen and oxygen atoms in total. The van der Waals surface area contributed by atoms with E-state index in [4.69, 9.17) is 4.98 Å². The molecule has 1 aliphatic heterocycles. The fourth-order valence-corrected chi connectivity index (χ4v) is 3.83. The molecule has 4 heterocycles. The van der Waals surface area contributed by atoms with E-state index in [9.17, 15) is 4.79 Å². The van der Waals surface area contributed by atoms with Crippen molar-refractivity contribution in [2.24, 2.45) is 0 Å². The third-order valence-corrected chi connectivity index (χ3v) is 5.09. The number of hydrogen-bond donors (Lipinski definition) is 1. The van der Waals surface area contributed by atoms with Gasteiger partial charge < -0.3 is 9.72 Å². The quantitative estimate of drug-likeness (QED) is 0.600. The zero-order valence-electron chi connectivity index (χ0n) is 15.0. The van der Waals surface area contributed by atoms with Crippen molar-refractivity contribution in [1.29, 1.82) is 0 Å². The maximum Gasteiger partial charge on any atom is 0.221 e. The average Bonchev–Trinajstić information content (AvgIpc) is 3.29. The van der Waals surface area contributed by atoms with Crippen LogP contribution in [0.15, 0.2) is 61.1 Å². The lowest BCUT2D eigenvalue weighted by molar-refractivity contribution is -0.121. The molecule has 1 N–H and O–H groups in total. The van der Waals surface area contributed by atoms with Crippen molar-refractivity contribution in [3.63, 3.8) is 0 Å². The number of aryl methyl sites for hydroxylation is 1. The molecule has 0 radical (unpaired) electrons. The molecule has 0 aliphatic carbocycles. The molecule has 0 spiro atoms. The number of nitrogens with one attached hydrogen (secondary N) is 1. The van der Waals surface area contributed by atoms with Crippen LogP contribution < -0.4 is 5.32 Å². The van der Waals surface area contributed by atoms with Crippen molar-refractivity contribution >= 4 is 11.6 Å². The lowest BCUT2D eigenvalue weighted by Gasteiger charge is -2.17. The number of pyridine rings is 1. The van der Waals surface area contributed by atoms with E-state index in [1.807, 2.05) is 35.1 Å². The molecule has 1 atom stereocenters. The summed E-state index contributed by atoms with van der Waals surface area (Å²) >= 11 is 0. The first-order chi connectivity index (χ1) is 13.2. The average molecular weight is 357 g/mol. The predicted octanol–water partition coefficient (Wildman–Crippen LogP) is 2.98. The van der Waals surface area contributed by atoms with Crippen LogP contribution in [0.5, 0.6) is 0 Å². The predicted molar refractivity (Wildman–Crippen MR) is 102 cm³/mol. The van der Waals surface area contributed by atoms with Gasteiger partial charge in [-0.1, -0.05) is 18.2 Å². The van der Waals surface area contributed by atoms with E-state index in [-0.39, 0.29) is 11.8 Å². The Hall–Kier alpha value is -3.41. The lowest BCUT2D eigenvalue weighted by Crippen LogP contribution is -2.21. The number of amides is 1. The maximum atomic E-state index is 12.4. The topological polar surface area (TPSA) is 64.2 Å². The third kappa shape index (κ3) is 2.70. The Bertz CT molecular complexity index is 1140. The monoisotopic (exact) mass is 357 g/mol. The number of fused-ring (bicyclic) bond motifs is 3. The van der Waals surface area contributed by atoms with Crippen molar-refractivity contribution in [3.05, 3.63) is 83.6 Å². The van der Waals surface area contributed by atoms with E-state index in [1.54, 1.807) is 6.20 Å². The molecule has 0 unspecified atom stereocenters. The van der Waals surface area contributed by atoms with Gasteiger partial charge in [-0.05, 0) is 42.3 Å². The SMILES string of the molecule is Cc1ccc2nc3c(n2c1)[C@@H](c1cccc(-n2cccn2)c1)CC(=O)NC3. The number of carbonyl (C=O) groups excluding carboxylic acids is 1. The Kier molecular flexibility index (Phi) is 3.57. The van der Waals surface area contributed by atoms with Gasteiger partial charge in [0.25, 0.3) is 0 Å². The molecule has 4 aromatic rings. The number of benzene rings is 1. The molecule has 3 aromatic heterocycles. The molecule has 6 heteroatoms. The zero-order chi connectivity index (χ0) is 18.4. The van der Waals surface area contributed by atoms with Crippen LogP contribution in [0, 0.1) is 6.92 Å². The van der Waals surface area contributed by atoms with E-state index in [2.05, 4.69) is 46.1 Å². The molecule has 0 saturated heterocycles. The summed E-state index contributed by atoms with van der Waals surface area (Å²) < 4.78 is 3.97. The highest BCUT2D eigenvalue weighted by atomic mass is 16.1. The summed E-state index contributed by atoms with van der Waals surface area (Å²) in [5, 5.41) is 7.31. The van der Waals surface area contributed by atoms with Crippen LogP contribution in [0.2, 0.25) is 0 Å². The number of imidazole rings is 1. The van der Waals surface area contributed by atoms with Crippen LogP contribution in [-0.2, 0) is 11.3 Å². The molecule has 134 valence electrons. The van der Waals surface area contributed by atoms with Gasteiger partial charge in [0.15, 0.2) is 0 Å². The number of rotatable bonds is 2. The second kappa shape index (κ2) is 6.09. The second-order valence-corrected chi connectivity index (χ2v) is 6.96. The highest BCUT2D eigenvalue weighted by Crippen LogP contribution is 2.34. The molecule has 27 heavy (non-hydrogen) atoms. The maximum absolute atomic E-state index is 12.4. The fraction of sp³-hybridized carbons (Fsp3) is 0.190. The van der Waals surface area contributed by atoms with Crippen molar-refractivity contribution in [3.8, 4) is 5.69 Å². The van der Waals surface area contributed by atoms with E-state index in [1.165, 1.54) is 0 Å². The van der Waals surface area contributed by atoms with E-state index < -0.39 is 0 Å². The van der Waals surface area contributed by atoms with Gasteiger partial charge in [0, 0.05) is 30.9 Å². The molecule has 1 aromatic carbocycles. The Morgan fingerprint density at radius 3 is 2.96 bits per heavy atom. The minimum Gasteiger partial charge on any atom is -0.350 e. The largest absolute Gasteiger partial charge is 0.350 e. The van der Waals surface area contributed by atoms with Crippen molar-refractivity contribution in [2.45, 2.75) is 25.8 Å². The number of nitrogens with zero attached hydrogens (tertiary/aromatic N) is 4. The smallest absolute Gasteiger partial charge is 0.221 e. The van der Waals surface area contributed by atoms with Gasteiger partial charge in [0.2, 0.25) is 5.91 Å². The molecule has 0 bridgehead atoms. The van der Waals surface area contributed by atoms with Gasteiger partial charge in [-0.3, -0.25) is 4.79 Å². The highest BCUT2D eigenvalue weighted by Gasteiger charge is 2.29. The first kappa shape index (κ1) is 15.8. The molecular formula is C21H19N5O. The lowest BCUT2D eigenvalue weighted by atomic mass is 9.91.